The minimum Gasteiger partial charge on any atom is -0.378 e. The summed E-state index contributed by atoms with van der Waals surface area (Å²) in [6, 6.07) is 6.97. The molecule has 3 rings (SSSR count). The zero-order valence-corrected chi connectivity index (χ0v) is 10.9. The predicted octanol–water partition coefficient (Wildman–Crippen LogP) is 2.60. The van der Waals surface area contributed by atoms with Crippen LogP contribution < -0.4 is 5.32 Å². The van der Waals surface area contributed by atoms with Crippen LogP contribution in [0.15, 0.2) is 23.1 Å². The number of fused-ring (bicyclic) bond motifs is 1. The Morgan fingerprint density at radius 1 is 1.18 bits per heavy atom. The number of hydrogen-bond acceptors (Lipinski definition) is 3. The molecular formula is C14H19NOS. The van der Waals surface area contributed by atoms with E-state index in [0.29, 0.717) is 5.37 Å². The zero-order chi connectivity index (χ0) is 11.5. The number of thioether (sulfide) groups is 1. The quantitative estimate of drug-likeness (QED) is 0.870. The lowest BCUT2D eigenvalue weighted by atomic mass is 9.92. The van der Waals surface area contributed by atoms with Crippen LogP contribution in [0.3, 0.4) is 0 Å². The van der Waals surface area contributed by atoms with E-state index >= 15 is 0 Å². The Labute approximate surface area is 107 Å². The van der Waals surface area contributed by atoms with Crippen molar-refractivity contribution in [2.24, 2.45) is 0 Å². The van der Waals surface area contributed by atoms with Gasteiger partial charge in [0.05, 0.1) is 18.6 Å². The average molecular weight is 249 g/mol. The van der Waals surface area contributed by atoms with Crippen molar-refractivity contribution in [1.29, 1.82) is 0 Å². The standard InChI is InChI=1S/C14H19NOS/c1-2-4-12-9-13(6-5-11(12)3-1)17-14-10-16-8-7-15-14/h5-6,9,14-15H,1-4,7-8,10H2. The van der Waals surface area contributed by atoms with Crippen LogP contribution in [-0.4, -0.2) is 25.1 Å². The van der Waals surface area contributed by atoms with Crippen LogP contribution in [0.5, 0.6) is 0 Å². The van der Waals surface area contributed by atoms with Crippen LogP contribution >= 0.6 is 11.8 Å². The minimum absolute atomic E-state index is 0.422. The number of aryl methyl sites for hydroxylation is 2. The van der Waals surface area contributed by atoms with Crippen molar-refractivity contribution >= 4 is 11.8 Å². The van der Waals surface area contributed by atoms with Crippen molar-refractivity contribution in [1.82, 2.24) is 5.32 Å². The lowest BCUT2D eigenvalue weighted by Gasteiger charge is -2.24. The molecule has 0 bridgehead atoms. The van der Waals surface area contributed by atoms with Gasteiger partial charge in [-0.15, -0.1) is 11.8 Å². The largest absolute Gasteiger partial charge is 0.378 e. The van der Waals surface area contributed by atoms with Crippen molar-refractivity contribution in [3.05, 3.63) is 29.3 Å². The number of benzene rings is 1. The van der Waals surface area contributed by atoms with E-state index in [0.717, 1.165) is 19.8 Å². The first-order valence-corrected chi connectivity index (χ1v) is 7.39. The maximum Gasteiger partial charge on any atom is 0.0817 e. The molecule has 3 heteroatoms. The number of hydrogen-bond donors (Lipinski definition) is 1. The van der Waals surface area contributed by atoms with Crippen molar-refractivity contribution in [3.8, 4) is 0 Å². The molecule has 1 atom stereocenters. The highest BCUT2D eigenvalue weighted by Gasteiger charge is 2.15. The van der Waals surface area contributed by atoms with Gasteiger partial charge in [-0.3, -0.25) is 0 Å². The van der Waals surface area contributed by atoms with Crippen LogP contribution in [0.4, 0.5) is 0 Å². The Hall–Kier alpha value is -0.510. The van der Waals surface area contributed by atoms with Crippen LogP contribution in [0.1, 0.15) is 24.0 Å². The molecule has 1 aromatic rings. The number of nitrogens with one attached hydrogen (secondary N) is 1. The smallest absolute Gasteiger partial charge is 0.0817 e. The molecule has 2 nitrogen and oxygen atoms in total. The Kier molecular flexibility index (Phi) is 3.69. The maximum atomic E-state index is 5.48. The summed E-state index contributed by atoms with van der Waals surface area (Å²) in [4.78, 5) is 1.38. The van der Waals surface area contributed by atoms with Gasteiger partial charge < -0.3 is 10.1 Å². The highest BCUT2D eigenvalue weighted by Crippen LogP contribution is 2.29. The highest BCUT2D eigenvalue weighted by atomic mass is 32.2. The molecule has 1 unspecified atom stereocenters. The molecule has 17 heavy (non-hydrogen) atoms. The summed E-state index contributed by atoms with van der Waals surface area (Å²) in [6.07, 6.45) is 5.24. The molecule has 0 amide bonds. The third kappa shape index (κ3) is 2.84. The van der Waals surface area contributed by atoms with Gasteiger partial charge in [0.25, 0.3) is 0 Å². The number of morpholine rings is 1. The third-order valence-electron chi connectivity index (χ3n) is 3.49. The summed E-state index contributed by atoms with van der Waals surface area (Å²) in [7, 11) is 0. The Balaban J connectivity index is 1.70. The van der Waals surface area contributed by atoms with E-state index in [2.05, 4.69) is 23.5 Å². The molecule has 1 heterocycles. The molecule has 0 spiro atoms. The van der Waals surface area contributed by atoms with E-state index in [4.69, 9.17) is 4.74 Å². The van der Waals surface area contributed by atoms with Gasteiger partial charge in [-0.2, -0.15) is 0 Å². The van der Waals surface area contributed by atoms with Gasteiger partial charge in [-0.1, -0.05) is 6.07 Å². The molecule has 92 valence electrons. The second kappa shape index (κ2) is 5.42. The van der Waals surface area contributed by atoms with Crippen LogP contribution in [0.2, 0.25) is 0 Å². The van der Waals surface area contributed by atoms with E-state index in [1.807, 2.05) is 11.8 Å². The SMILES string of the molecule is c1cc2c(cc1SC1COCCN1)CCCC2. The highest BCUT2D eigenvalue weighted by molar-refractivity contribution is 8.00. The molecular weight excluding hydrogens is 230 g/mol. The lowest BCUT2D eigenvalue weighted by molar-refractivity contribution is 0.100. The molecule has 1 aromatic carbocycles. The molecule has 1 aliphatic carbocycles. The summed E-state index contributed by atoms with van der Waals surface area (Å²) in [5, 5.41) is 3.91. The van der Waals surface area contributed by atoms with Crippen molar-refractivity contribution in [3.63, 3.8) is 0 Å². The Morgan fingerprint density at radius 3 is 2.88 bits per heavy atom. The molecule has 0 saturated carbocycles. The Bertz CT molecular complexity index is 388. The first-order chi connectivity index (χ1) is 8.42. The summed E-state index contributed by atoms with van der Waals surface area (Å²) < 4.78 is 5.48. The first kappa shape index (κ1) is 11.6. The van der Waals surface area contributed by atoms with Gasteiger partial charge in [0.1, 0.15) is 0 Å². The van der Waals surface area contributed by atoms with Gasteiger partial charge in [-0.25, -0.2) is 0 Å². The van der Waals surface area contributed by atoms with Crippen LogP contribution in [0.25, 0.3) is 0 Å². The molecule has 0 radical (unpaired) electrons. The normalized spacial score (nSPS) is 24.4. The van der Waals surface area contributed by atoms with Crippen LogP contribution in [-0.2, 0) is 17.6 Å². The van der Waals surface area contributed by atoms with Gasteiger partial charge in [-0.05, 0) is 48.9 Å². The molecule has 1 fully saturated rings. The fourth-order valence-corrected chi connectivity index (χ4v) is 3.62. The van der Waals surface area contributed by atoms with Crippen molar-refractivity contribution in [2.45, 2.75) is 36.0 Å². The summed E-state index contributed by atoms with van der Waals surface area (Å²) >= 11 is 1.90. The molecule has 1 N–H and O–H groups in total. The number of ether oxygens (including phenoxy) is 1. The molecule has 0 aromatic heterocycles. The van der Waals surface area contributed by atoms with E-state index < -0.39 is 0 Å². The number of rotatable bonds is 2. The molecule has 1 aliphatic heterocycles. The predicted molar refractivity (Wildman–Crippen MR) is 71.6 cm³/mol. The first-order valence-electron chi connectivity index (χ1n) is 6.51. The van der Waals surface area contributed by atoms with E-state index in [9.17, 15) is 0 Å². The van der Waals surface area contributed by atoms with Crippen LogP contribution in [0, 0.1) is 0 Å². The fourth-order valence-electron chi connectivity index (χ4n) is 2.56. The second-order valence-electron chi connectivity index (χ2n) is 4.77. The van der Waals surface area contributed by atoms with E-state index in [-0.39, 0.29) is 0 Å². The summed E-state index contributed by atoms with van der Waals surface area (Å²) in [5.41, 5.74) is 3.13. The van der Waals surface area contributed by atoms with Gasteiger partial charge in [0.15, 0.2) is 0 Å². The van der Waals surface area contributed by atoms with Crippen molar-refractivity contribution < 1.29 is 4.74 Å². The van der Waals surface area contributed by atoms with Gasteiger partial charge in [0.2, 0.25) is 0 Å². The fraction of sp³-hybridized carbons (Fsp3) is 0.571. The topological polar surface area (TPSA) is 21.3 Å². The average Bonchev–Trinajstić information content (AvgIpc) is 2.40. The third-order valence-corrected chi connectivity index (χ3v) is 4.60. The van der Waals surface area contributed by atoms with Crippen molar-refractivity contribution in [2.75, 3.05) is 19.8 Å². The van der Waals surface area contributed by atoms with Gasteiger partial charge >= 0.3 is 0 Å². The van der Waals surface area contributed by atoms with E-state index in [1.54, 1.807) is 11.1 Å². The summed E-state index contributed by atoms with van der Waals surface area (Å²) in [6.45, 7) is 2.64. The molecule has 2 aliphatic rings. The zero-order valence-electron chi connectivity index (χ0n) is 10.1. The Morgan fingerprint density at radius 2 is 2.06 bits per heavy atom. The monoisotopic (exact) mass is 249 g/mol. The lowest BCUT2D eigenvalue weighted by Crippen LogP contribution is -2.38. The summed E-state index contributed by atoms with van der Waals surface area (Å²) in [5.74, 6) is 0. The maximum absolute atomic E-state index is 5.48. The van der Waals surface area contributed by atoms with E-state index in [1.165, 1.54) is 30.6 Å². The van der Waals surface area contributed by atoms with Gasteiger partial charge in [0, 0.05) is 11.4 Å². The minimum atomic E-state index is 0.422. The molecule has 1 saturated heterocycles. The second-order valence-corrected chi connectivity index (χ2v) is 6.05.